The molecule has 0 N–H and O–H groups in total. The molecule has 2 rings (SSSR count). The number of methoxy groups -OCH3 is 1. The van der Waals surface area contributed by atoms with Crippen LogP contribution in [0.15, 0.2) is 42.5 Å². The van der Waals surface area contributed by atoms with Crippen LogP contribution in [0.5, 0.6) is 11.5 Å². The smallest absolute Gasteiger partial charge is 0.311 e. The molecule has 0 unspecified atom stereocenters. The van der Waals surface area contributed by atoms with E-state index in [4.69, 9.17) is 9.47 Å². The van der Waals surface area contributed by atoms with Crippen molar-refractivity contribution in [1.82, 2.24) is 0 Å². The number of carbonyl (C=O) groups is 1. The summed E-state index contributed by atoms with van der Waals surface area (Å²) in [6.45, 7) is 1.64. The largest absolute Gasteiger partial charge is 0.497 e. The number of carbonyl (C=O) groups excluding carboxylic acids is 1. The summed E-state index contributed by atoms with van der Waals surface area (Å²) in [7, 11) is 1.54. The van der Waals surface area contributed by atoms with Crippen molar-refractivity contribution in [3.63, 3.8) is 0 Å². The number of hydrogen-bond acceptors (Lipinski definition) is 5. The molecule has 23 heavy (non-hydrogen) atoms. The van der Waals surface area contributed by atoms with Crippen molar-refractivity contribution in [2.75, 3.05) is 13.7 Å². The third-order valence-electron chi connectivity index (χ3n) is 3.40. The van der Waals surface area contributed by atoms with Crippen molar-refractivity contribution in [2.24, 2.45) is 0 Å². The average Bonchev–Trinajstić information content (AvgIpc) is 2.59. The molecule has 0 aliphatic rings. The molecule has 0 saturated heterocycles. The van der Waals surface area contributed by atoms with Gasteiger partial charge in [-0.3, -0.25) is 14.9 Å². The predicted molar refractivity (Wildman–Crippen MR) is 85.3 cm³/mol. The molecule has 0 fully saturated rings. The fraction of sp³-hybridized carbons (Fsp3) is 0.235. The minimum atomic E-state index is -0.508. The van der Waals surface area contributed by atoms with Gasteiger partial charge in [-0.15, -0.1) is 0 Å². The number of Topliss-reactive ketones (excluding diaryl/α,β-unsaturated/α-hetero) is 1. The number of nitrogens with zero attached hydrogens (tertiary/aromatic N) is 1. The number of hydrogen-bond donors (Lipinski definition) is 0. The maximum Gasteiger partial charge on any atom is 0.311 e. The lowest BCUT2D eigenvalue weighted by Gasteiger charge is -2.08. The Morgan fingerprint density at radius 3 is 2.43 bits per heavy atom. The van der Waals surface area contributed by atoms with Crippen LogP contribution in [0.25, 0.3) is 0 Å². The molecule has 6 heteroatoms. The highest BCUT2D eigenvalue weighted by Crippen LogP contribution is 2.28. The van der Waals surface area contributed by atoms with Gasteiger partial charge < -0.3 is 9.47 Å². The monoisotopic (exact) mass is 315 g/mol. The van der Waals surface area contributed by atoms with Crippen molar-refractivity contribution in [3.8, 4) is 11.5 Å². The van der Waals surface area contributed by atoms with Gasteiger partial charge in [0.05, 0.1) is 12.0 Å². The number of benzene rings is 2. The van der Waals surface area contributed by atoms with Crippen LogP contribution in [0.3, 0.4) is 0 Å². The normalized spacial score (nSPS) is 10.2. The van der Waals surface area contributed by atoms with E-state index in [0.29, 0.717) is 17.7 Å². The van der Waals surface area contributed by atoms with Gasteiger partial charge in [0, 0.05) is 11.6 Å². The Labute approximate surface area is 133 Å². The third-order valence-corrected chi connectivity index (χ3v) is 3.40. The Morgan fingerprint density at radius 2 is 1.87 bits per heavy atom. The number of ether oxygens (including phenoxy) is 2. The molecule has 0 atom stereocenters. The van der Waals surface area contributed by atoms with E-state index in [1.807, 2.05) is 6.92 Å². The van der Waals surface area contributed by atoms with E-state index in [1.165, 1.54) is 12.1 Å². The van der Waals surface area contributed by atoms with Crippen molar-refractivity contribution >= 4 is 11.5 Å². The molecule has 6 nitrogen and oxygen atoms in total. The predicted octanol–water partition coefficient (Wildman–Crippen LogP) is 3.43. The SMILES string of the molecule is CCc1ccc(OCC(=O)c2ccc(OC)cc2)c([N+](=O)[O-])c1. The summed E-state index contributed by atoms with van der Waals surface area (Å²) in [5.74, 6) is 0.476. The molecule has 0 heterocycles. The molecule has 0 radical (unpaired) electrons. The summed E-state index contributed by atoms with van der Waals surface area (Å²) in [6, 6.07) is 11.3. The number of aryl methyl sites for hydroxylation is 1. The quantitative estimate of drug-likeness (QED) is 0.444. The van der Waals surface area contributed by atoms with Crippen LogP contribution in [-0.2, 0) is 6.42 Å². The first-order chi connectivity index (χ1) is 11.0. The van der Waals surface area contributed by atoms with E-state index in [1.54, 1.807) is 37.4 Å². The Morgan fingerprint density at radius 1 is 1.17 bits per heavy atom. The molecule has 0 aliphatic carbocycles. The van der Waals surface area contributed by atoms with Gasteiger partial charge in [0.2, 0.25) is 0 Å². The summed E-state index contributed by atoms with van der Waals surface area (Å²) in [4.78, 5) is 22.7. The zero-order valence-corrected chi connectivity index (χ0v) is 12.9. The van der Waals surface area contributed by atoms with Crippen LogP contribution in [0, 0.1) is 10.1 Å². The summed E-state index contributed by atoms with van der Waals surface area (Å²) < 4.78 is 10.4. The topological polar surface area (TPSA) is 78.7 Å². The van der Waals surface area contributed by atoms with Crippen molar-refractivity contribution in [3.05, 3.63) is 63.7 Å². The molecule has 2 aromatic carbocycles. The van der Waals surface area contributed by atoms with Gasteiger partial charge >= 0.3 is 5.69 Å². The molecule has 0 spiro atoms. The highest BCUT2D eigenvalue weighted by molar-refractivity contribution is 5.97. The lowest BCUT2D eigenvalue weighted by molar-refractivity contribution is -0.385. The molecular weight excluding hydrogens is 298 g/mol. The number of nitro groups is 1. The van der Waals surface area contributed by atoms with Crippen LogP contribution < -0.4 is 9.47 Å². The number of ketones is 1. The molecule has 120 valence electrons. The van der Waals surface area contributed by atoms with Crippen molar-refractivity contribution < 1.29 is 19.2 Å². The van der Waals surface area contributed by atoms with Gasteiger partial charge in [-0.05, 0) is 42.3 Å². The fourth-order valence-electron chi connectivity index (χ4n) is 2.05. The molecule has 0 aliphatic heterocycles. The first-order valence-corrected chi connectivity index (χ1v) is 7.12. The van der Waals surface area contributed by atoms with E-state index in [0.717, 1.165) is 5.56 Å². The van der Waals surface area contributed by atoms with Crippen molar-refractivity contribution in [1.29, 1.82) is 0 Å². The van der Waals surface area contributed by atoms with Gasteiger partial charge in [-0.2, -0.15) is 0 Å². The van der Waals surface area contributed by atoms with Crippen LogP contribution >= 0.6 is 0 Å². The Bertz CT molecular complexity index is 709. The minimum absolute atomic E-state index is 0.0917. The summed E-state index contributed by atoms with van der Waals surface area (Å²) >= 11 is 0. The molecule has 0 aromatic heterocycles. The first kappa shape index (κ1) is 16.5. The van der Waals surface area contributed by atoms with E-state index in [2.05, 4.69) is 0 Å². The Hall–Kier alpha value is -2.89. The van der Waals surface area contributed by atoms with E-state index in [-0.39, 0.29) is 23.8 Å². The van der Waals surface area contributed by atoms with Crippen molar-refractivity contribution in [2.45, 2.75) is 13.3 Å². The maximum absolute atomic E-state index is 12.1. The lowest BCUT2D eigenvalue weighted by Crippen LogP contribution is -2.12. The molecule has 0 bridgehead atoms. The number of nitro benzene ring substituents is 1. The van der Waals surface area contributed by atoms with Gasteiger partial charge in [-0.25, -0.2) is 0 Å². The average molecular weight is 315 g/mol. The van der Waals surface area contributed by atoms with Crippen LogP contribution in [0.1, 0.15) is 22.8 Å². The Kier molecular flexibility index (Phi) is 5.30. The molecule has 2 aromatic rings. The highest BCUT2D eigenvalue weighted by Gasteiger charge is 2.17. The number of rotatable bonds is 7. The van der Waals surface area contributed by atoms with Gasteiger partial charge in [0.1, 0.15) is 5.75 Å². The Balaban J connectivity index is 2.10. The third kappa shape index (κ3) is 4.06. The maximum atomic E-state index is 12.1. The summed E-state index contributed by atoms with van der Waals surface area (Å²) in [5.41, 5.74) is 1.16. The first-order valence-electron chi connectivity index (χ1n) is 7.12. The van der Waals surface area contributed by atoms with Gasteiger partial charge in [-0.1, -0.05) is 13.0 Å². The molecule has 0 amide bonds. The van der Waals surface area contributed by atoms with Gasteiger partial charge in [0.25, 0.3) is 0 Å². The van der Waals surface area contributed by atoms with E-state index in [9.17, 15) is 14.9 Å². The van der Waals surface area contributed by atoms with Crippen LogP contribution in [0.4, 0.5) is 5.69 Å². The summed E-state index contributed by atoms with van der Waals surface area (Å²) in [5, 5.41) is 11.1. The second-order valence-electron chi connectivity index (χ2n) is 4.85. The molecular formula is C17H17NO5. The summed E-state index contributed by atoms with van der Waals surface area (Å²) in [6.07, 6.45) is 0.686. The highest BCUT2D eigenvalue weighted by atomic mass is 16.6. The van der Waals surface area contributed by atoms with Crippen LogP contribution in [0.2, 0.25) is 0 Å². The van der Waals surface area contributed by atoms with E-state index >= 15 is 0 Å². The molecule has 0 saturated carbocycles. The zero-order valence-electron chi connectivity index (χ0n) is 12.9. The zero-order chi connectivity index (χ0) is 16.8. The second-order valence-corrected chi connectivity index (χ2v) is 4.85. The lowest BCUT2D eigenvalue weighted by atomic mass is 10.1. The standard InChI is InChI=1S/C17H17NO5/c1-3-12-4-9-17(15(10-12)18(20)21)23-11-16(19)13-5-7-14(22-2)8-6-13/h4-10H,3,11H2,1-2H3. The van der Waals surface area contributed by atoms with Crippen LogP contribution in [-0.4, -0.2) is 24.4 Å². The van der Waals surface area contributed by atoms with Gasteiger partial charge in [0.15, 0.2) is 18.1 Å². The fourth-order valence-corrected chi connectivity index (χ4v) is 2.05. The second kappa shape index (κ2) is 7.40. The van der Waals surface area contributed by atoms with E-state index < -0.39 is 4.92 Å². The minimum Gasteiger partial charge on any atom is -0.497 e.